The van der Waals surface area contributed by atoms with E-state index in [2.05, 4.69) is 10.3 Å². The second-order valence-corrected chi connectivity index (χ2v) is 3.47. The maximum Gasteiger partial charge on any atom is 0.336 e. The summed E-state index contributed by atoms with van der Waals surface area (Å²) in [7, 11) is 0. The molecule has 6 nitrogen and oxygen atoms in total. The molecule has 0 aliphatic carbocycles. The second kappa shape index (κ2) is 3.90. The van der Waals surface area contributed by atoms with Crippen molar-refractivity contribution in [1.29, 1.82) is 0 Å². The number of carbonyl (C=O) groups is 2. The van der Waals surface area contributed by atoms with Crippen molar-refractivity contribution in [3.8, 4) is 0 Å². The van der Waals surface area contributed by atoms with E-state index in [9.17, 15) is 9.59 Å². The van der Waals surface area contributed by atoms with E-state index in [4.69, 9.17) is 9.84 Å². The molecule has 0 aromatic carbocycles. The summed E-state index contributed by atoms with van der Waals surface area (Å²) in [5.41, 5.74) is 0.768. The van der Waals surface area contributed by atoms with Gasteiger partial charge in [0.05, 0.1) is 0 Å². The van der Waals surface area contributed by atoms with E-state index in [-0.39, 0.29) is 0 Å². The summed E-state index contributed by atoms with van der Waals surface area (Å²) in [6.45, 7) is 1.79. The molecule has 2 atom stereocenters. The first-order valence-corrected chi connectivity index (χ1v) is 4.71. The molecule has 2 unspecified atom stereocenters. The highest BCUT2D eigenvalue weighted by molar-refractivity contribution is 5.99. The van der Waals surface area contributed by atoms with Crippen LogP contribution in [0.4, 0.5) is 5.82 Å². The van der Waals surface area contributed by atoms with Crippen LogP contribution in [-0.4, -0.2) is 34.2 Å². The molecule has 1 aliphatic rings. The Morgan fingerprint density at radius 2 is 2.19 bits per heavy atom. The summed E-state index contributed by atoms with van der Waals surface area (Å²) in [4.78, 5) is 26.0. The highest BCUT2D eigenvalue weighted by Gasteiger charge is 2.50. The molecular formula is C10H10N2O4. The van der Waals surface area contributed by atoms with Gasteiger partial charge in [-0.3, -0.25) is 4.79 Å². The predicted molar refractivity (Wildman–Crippen MR) is 53.9 cm³/mol. The number of rotatable bonds is 3. The van der Waals surface area contributed by atoms with Gasteiger partial charge < -0.3 is 15.2 Å². The van der Waals surface area contributed by atoms with E-state index in [0.29, 0.717) is 5.82 Å². The van der Waals surface area contributed by atoms with Crippen molar-refractivity contribution in [3.63, 3.8) is 0 Å². The number of carboxylic acid groups (broad SMARTS) is 1. The Balaban J connectivity index is 1.96. The summed E-state index contributed by atoms with van der Waals surface area (Å²) in [6.07, 6.45) is -1.93. The van der Waals surface area contributed by atoms with Gasteiger partial charge in [-0.2, -0.15) is 0 Å². The molecule has 1 saturated heterocycles. The van der Waals surface area contributed by atoms with Gasteiger partial charge in [-0.1, -0.05) is 6.07 Å². The molecular weight excluding hydrogens is 212 g/mol. The van der Waals surface area contributed by atoms with E-state index in [1.54, 1.807) is 25.1 Å². The summed E-state index contributed by atoms with van der Waals surface area (Å²) in [5.74, 6) is -1.22. The van der Waals surface area contributed by atoms with Gasteiger partial charge in [0, 0.05) is 5.69 Å². The van der Waals surface area contributed by atoms with Gasteiger partial charge in [0.15, 0.2) is 12.2 Å². The van der Waals surface area contributed by atoms with Crippen LogP contribution in [0.5, 0.6) is 0 Å². The van der Waals surface area contributed by atoms with E-state index in [1.165, 1.54) is 0 Å². The number of carbonyl (C=O) groups excluding carboxylic acids is 1. The first kappa shape index (κ1) is 10.6. The second-order valence-electron chi connectivity index (χ2n) is 3.47. The molecule has 2 rings (SSSR count). The Labute approximate surface area is 91.3 Å². The summed E-state index contributed by atoms with van der Waals surface area (Å²) < 4.78 is 4.70. The van der Waals surface area contributed by atoms with Crippen molar-refractivity contribution in [3.05, 3.63) is 23.9 Å². The molecule has 1 fully saturated rings. The molecule has 2 N–H and O–H groups in total. The number of aliphatic carboxylic acids is 1. The van der Waals surface area contributed by atoms with E-state index >= 15 is 0 Å². The topological polar surface area (TPSA) is 91.8 Å². The Hall–Kier alpha value is -1.95. The maximum atomic E-state index is 11.5. The molecule has 16 heavy (non-hydrogen) atoms. The lowest BCUT2D eigenvalue weighted by molar-refractivity contribution is -0.138. The normalized spacial score (nSPS) is 22.6. The highest BCUT2D eigenvalue weighted by Crippen LogP contribution is 2.23. The van der Waals surface area contributed by atoms with Crippen LogP contribution in [0.15, 0.2) is 18.2 Å². The highest BCUT2D eigenvalue weighted by atomic mass is 16.6. The standard InChI is InChI=1S/C10H10N2O4/c1-5-3-2-4-6(11-5)12-9(13)7-8(16-7)10(14)15/h2-4,7-8H,1H3,(H,14,15)(H,11,12,13). The third-order valence-electron chi connectivity index (χ3n) is 2.13. The summed E-state index contributed by atoms with van der Waals surface area (Å²) >= 11 is 0. The van der Waals surface area contributed by atoms with Crippen LogP contribution in [0, 0.1) is 6.92 Å². The molecule has 0 bridgehead atoms. The number of epoxide rings is 1. The van der Waals surface area contributed by atoms with Gasteiger partial charge in [-0.15, -0.1) is 0 Å². The number of anilines is 1. The molecule has 1 amide bonds. The zero-order valence-electron chi connectivity index (χ0n) is 8.51. The largest absolute Gasteiger partial charge is 0.479 e. The van der Waals surface area contributed by atoms with Gasteiger partial charge in [-0.05, 0) is 19.1 Å². The van der Waals surface area contributed by atoms with Gasteiger partial charge in [-0.25, -0.2) is 9.78 Å². The lowest BCUT2D eigenvalue weighted by atomic mass is 10.3. The first-order valence-electron chi connectivity index (χ1n) is 4.71. The van der Waals surface area contributed by atoms with Crippen molar-refractivity contribution in [2.24, 2.45) is 0 Å². The molecule has 1 aliphatic heterocycles. The number of nitrogens with one attached hydrogen (secondary N) is 1. The zero-order valence-corrected chi connectivity index (χ0v) is 8.51. The number of hydrogen-bond donors (Lipinski definition) is 2. The third-order valence-corrected chi connectivity index (χ3v) is 2.13. The molecule has 0 spiro atoms. The summed E-state index contributed by atoms with van der Waals surface area (Å²) in [6, 6.07) is 5.17. The third kappa shape index (κ3) is 2.17. The number of nitrogens with zero attached hydrogens (tertiary/aromatic N) is 1. The Bertz CT molecular complexity index is 446. The van der Waals surface area contributed by atoms with Crippen molar-refractivity contribution >= 4 is 17.7 Å². The van der Waals surface area contributed by atoms with Crippen LogP contribution in [0.3, 0.4) is 0 Å². The Kier molecular flexibility index (Phi) is 2.57. The molecule has 0 radical (unpaired) electrons. The number of aryl methyl sites for hydroxylation is 1. The SMILES string of the molecule is Cc1cccc(NC(=O)C2OC2C(=O)O)n1. The number of pyridine rings is 1. The fourth-order valence-corrected chi connectivity index (χ4v) is 1.31. The lowest BCUT2D eigenvalue weighted by Crippen LogP contribution is -2.23. The zero-order chi connectivity index (χ0) is 11.7. The van der Waals surface area contributed by atoms with Crippen molar-refractivity contribution < 1.29 is 19.4 Å². The Morgan fingerprint density at radius 3 is 2.75 bits per heavy atom. The van der Waals surface area contributed by atoms with Crippen LogP contribution in [0.2, 0.25) is 0 Å². The minimum Gasteiger partial charge on any atom is -0.479 e. The van der Waals surface area contributed by atoms with Crippen LogP contribution < -0.4 is 5.32 Å². The predicted octanol–water partition coefficient (Wildman–Crippen LogP) is 0.181. The van der Waals surface area contributed by atoms with Crippen molar-refractivity contribution in [1.82, 2.24) is 4.98 Å². The van der Waals surface area contributed by atoms with Crippen LogP contribution in [-0.2, 0) is 14.3 Å². The van der Waals surface area contributed by atoms with E-state index < -0.39 is 24.1 Å². The quantitative estimate of drug-likeness (QED) is 0.712. The molecule has 1 aromatic rings. The van der Waals surface area contributed by atoms with Gasteiger partial charge in [0.1, 0.15) is 5.82 Å². The Morgan fingerprint density at radius 1 is 1.44 bits per heavy atom. The lowest BCUT2D eigenvalue weighted by Gasteiger charge is -2.02. The number of amides is 1. The van der Waals surface area contributed by atoms with Gasteiger partial charge >= 0.3 is 5.97 Å². The number of aromatic nitrogens is 1. The number of carboxylic acids is 1. The minimum atomic E-state index is -1.13. The van der Waals surface area contributed by atoms with Gasteiger partial charge in [0.25, 0.3) is 5.91 Å². The number of hydrogen-bond acceptors (Lipinski definition) is 4. The van der Waals surface area contributed by atoms with E-state index in [1.807, 2.05) is 0 Å². The van der Waals surface area contributed by atoms with Crippen LogP contribution in [0.1, 0.15) is 5.69 Å². The van der Waals surface area contributed by atoms with Crippen molar-refractivity contribution in [2.45, 2.75) is 19.1 Å². The average Bonchev–Trinajstić information content (AvgIpc) is 2.96. The van der Waals surface area contributed by atoms with E-state index in [0.717, 1.165) is 5.69 Å². The monoisotopic (exact) mass is 222 g/mol. The van der Waals surface area contributed by atoms with Gasteiger partial charge in [0.2, 0.25) is 0 Å². The molecule has 0 saturated carbocycles. The molecule has 2 heterocycles. The summed E-state index contributed by atoms with van der Waals surface area (Å²) in [5, 5.41) is 11.1. The molecule has 1 aromatic heterocycles. The fourth-order valence-electron chi connectivity index (χ4n) is 1.31. The van der Waals surface area contributed by atoms with Crippen molar-refractivity contribution in [2.75, 3.05) is 5.32 Å². The average molecular weight is 222 g/mol. The number of ether oxygens (including phenoxy) is 1. The fraction of sp³-hybridized carbons (Fsp3) is 0.300. The minimum absolute atomic E-state index is 0.393. The molecule has 84 valence electrons. The van der Waals surface area contributed by atoms with Crippen LogP contribution in [0.25, 0.3) is 0 Å². The smallest absolute Gasteiger partial charge is 0.336 e. The van der Waals surface area contributed by atoms with Crippen LogP contribution >= 0.6 is 0 Å². The first-order chi connectivity index (χ1) is 7.58. The molecule has 6 heteroatoms. The maximum absolute atomic E-state index is 11.5.